The Morgan fingerprint density at radius 2 is 1.76 bits per heavy atom. The minimum absolute atomic E-state index is 0.0695. The topological polar surface area (TPSA) is 66.4 Å². The van der Waals surface area contributed by atoms with Gasteiger partial charge in [-0.1, -0.05) is 58.9 Å². The van der Waals surface area contributed by atoms with Crippen LogP contribution < -0.4 is 16.1 Å². The van der Waals surface area contributed by atoms with Gasteiger partial charge in [-0.2, -0.15) is 0 Å². The molecular formula is C39H55FN4O2. The molecule has 6 nitrogen and oxygen atoms in total. The number of benzene rings is 3. The van der Waals surface area contributed by atoms with Gasteiger partial charge >= 0.3 is 0 Å². The van der Waals surface area contributed by atoms with E-state index in [1.54, 1.807) is 6.20 Å². The lowest BCUT2D eigenvalue weighted by molar-refractivity contribution is 0.101. The molecule has 2 aliphatic rings. The van der Waals surface area contributed by atoms with Gasteiger partial charge in [0.15, 0.2) is 11.2 Å². The number of Topliss-reactive ketones (excluding diaryl/α,β-unsaturated/α-hetero) is 1. The van der Waals surface area contributed by atoms with E-state index in [9.17, 15) is 14.0 Å². The van der Waals surface area contributed by atoms with E-state index in [4.69, 9.17) is 0 Å². The smallest absolute Gasteiger partial charge is 0.200 e. The molecule has 46 heavy (non-hydrogen) atoms. The summed E-state index contributed by atoms with van der Waals surface area (Å²) in [6.07, 6.45) is 7.57. The van der Waals surface area contributed by atoms with Crippen LogP contribution in [0, 0.1) is 11.7 Å². The summed E-state index contributed by atoms with van der Waals surface area (Å²) < 4.78 is 16.8. The number of aromatic nitrogens is 1. The Balaban J connectivity index is 0.000000279. The highest BCUT2D eigenvalue weighted by atomic mass is 19.1. The number of anilines is 1. The van der Waals surface area contributed by atoms with Gasteiger partial charge in [0.05, 0.1) is 22.2 Å². The summed E-state index contributed by atoms with van der Waals surface area (Å²) in [5, 5.41) is 8.62. The van der Waals surface area contributed by atoms with Crippen LogP contribution >= 0.6 is 0 Å². The van der Waals surface area contributed by atoms with E-state index >= 15 is 0 Å². The van der Waals surface area contributed by atoms with Crippen LogP contribution in [0.15, 0.2) is 53.5 Å². The lowest BCUT2D eigenvalue weighted by Gasteiger charge is -2.26. The van der Waals surface area contributed by atoms with E-state index in [0.717, 1.165) is 46.1 Å². The summed E-state index contributed by atoms with van der Waals surface area (Å²) in [6, 6.07) is 14.4. The third-order valence-corrected chi connectivity index (χ3v) is 8.76. The van der Waals surface area contributed by atoms with Crippen molar-refractivity contribution in [3.63, 3.8) is 0 Å². The predicted molar refractivity (Wildman–Crippen MR) is 195 cm³/mol. The van der Waals surface area contributed by atoms with E-state index in [1.807, 2.05) is 56.7 Å². The van der Waals surface area contributed by atoms with Gasteiger partial charge in [-0.3, -0.25) is 9.59 Å². The second-order valence-corrected chi connectivity index (χ2v) is 12.4. The van der Waals surface area contributed by atoms with Gasteiger partial charge in [-0.25, -0.2) is 4.39 Å². The number of rotatable bonds is 7. The molecule has 0 spiro atoms. The van der Waals surface area contributed by atoms with E-state index in [0.29, 0.717) is 24.2 Å². The minimum atomic E-state index is -0.469. The number of fused-ring (bicyclic) bond motifs is 3. The molecule has 1 fully saturated rings. The second-order valence-electron chi connectivity index (χ2n) is 12.4. The number of nitrogens with one attached hydrogen (secondary N) is 2. The van der Waals surface area contributed by atoms with Crippen molar-refractivity contribution in [3.05, 3.63) is 81.4 Å². The Hall–Kier alpha value is -3.55. The molecule has 1 atom stereocenters. The van der Waals surface area contributed by atoms with Gasteiger partial charge in [-0.05, 0) is 107 Å². The summed E-state index contributed by atoms with van der Waals surface area (Å²) in [4.78, 5) is 27.5. The number of hydrogen-bond donors (Lipinski definition) is 2. The monoisotopic (exact) mass is 630 g/mol. The molecule has 6 rings (SSSR count). The van der Waals surface area contributed by atoms with Crippen molar-refractivity contribution >= 4 is 33.1 Å². The summed E-state index contributed by atoms with van der Waals surface area (Å²) in [7, 11) is 4.21. The normalized spacial score (nSPS) is 14.9. The standard InChI is InChI=1S/C24H19FN2O2.C7H15N.C6H15N.C2H6/c1-3-26-22-17-9-16-8-14-6-4-5-7-15(14)10-21(16)27-12-19(13(2)28)24(29)18(23(17)27)11-20(22)25;1-3-7-5-4-6-8(7)2;1-6(2)4-5-7-3;1-2/h4-8,10-12,26H,3,9H2,1-2H3;7H,3-6H2,1-2H3;6-7H,4-5H2,1-3H3;1-2H3. The Labute approximate surface area is 275 Å². The quantitative estimate of drug-likeness (QED) is 0.176. The molecular weight excluding hydrogens is 575 g/mol. The Bertz CT molecular complexity index is 1680. The average molecular weight is 631 g/mol. The highest BCUT2D eigenvalue weighted by Crippen LogP contribution is 2.38. The lowest BCUT2D eigenvalue weighted by Crippen LogP contribution is -2.23. The first kappa shape index (κ1) is 36.9. The van der Waals surface area contributed by atoms with Crippen molar-refractivity contribution < 1.29 is 9.18 Å². The van der Waals surface area contributed by atoms with E-state index in [-0.39, 0.29) is 16.7 Å². The van der Waals surface area contributed by atoms with Gasteiger partial charge in [0, 0.05) is 36.5 Å². The molecule has 3 heterocycles. The minimum Gasteiger partial charge on any atom is -0.383 e. The maximum absolute atomic E-state index is 15.0. The maximum atomic E-state index is 15.0. The summed E-state index contributed by atoms with van der Waals surface area (Å²) in [6.45, 7) is 17.0. The molecule has 1 unspecified atom stereocenters. The molecule has 2 aliphatic heterocycles. The fourth-order valence-electron chi connectivity index (χ4n) is 6.28. The zero-order valence-electron chi connectivity index (χ0n) is 29.5. The van der Waals surface area contributed by atoms with Crippen LogP contribution in [0.5, 0.6) is 0 Å². The van der Waals surface area contributed by atoms with Gasteiger partial charge in [0.2, 0.25) is 0 Å². The highest BCUT2D eigenvalue weighted by Gasteiger charge is 2.26. The fourth-order valence-corrected chi connectivity index (χ4v) is 6.28. The number of carbonyl (C=O) groups is 1. The van der Waals surface area contributed by atoms with Crippen LogP contribution in [0.25, 0.3) is 27.4 Å². The summed E-state index contributed by atoms with van der Waals surface area (Å²) in [5.41, 5.74) is 3.42. The molecule has 7 heteroatoms. The van der Waals surface area contributed by atoms with Crippen LogP contribution in [0.3, 0.4) is 0 Å². The van der Waals surface area contributed by atoms with Gasteiger partial charge in [0.1, 0.15) is 5.82 Å². The first-order valence-corrected chi connectivity index (χ1v) is 17.1. The van der Waals surface area contributed by atoms with Crippen LogP contribution in [0.1, 0.15) is 95.6 Å². The SMILES string of the molecule is CC.CCC1CCCN1C.CCNc1c(F)cc2c(=O)c(C(C)=O)cn3c2c1Cc1cc2ccccc2cc1-3.CNCCC(C)C. The molecule has 250 valence electrons. The first-order chi connectivity index (χ1) is 22.1. The largest absolute Gasteiger partial charge is 0.383 e. The Morgan fingerprint density at radius 1 is 1.09 bits per heavy atom. The highest BCUT2D eigenvalue weighted by molar-refractivity contribution is 6.00. The lowest BCUT2D eigenvalue weighted by atomic mass is 9.91. The van der Waals surface area contributed by atoms with E-state index in [2.05, 4.69) is 55.5 Å². The number of halogens is 1. The van der Waals surface area contributed by atoms with Crippen molar-refractivity contribution in [2.24, 2.45) is 5.92 Å². The van der Waals surface area contributed by atoms with Gasteiger partial charge in [0.25, 0.3) is 0 Å². The van der Waals surface area contributed by atoms with E-state index in [1.165, 1.54) is 45.2 Å². The van der Waals surface area contributed by atoms with Crippen LogP contribution in [-0.4, -0.2) is 55.0 Å². The maximum Gasteiger partial charge on any atom is 0.200 e. The van der Waals surface area contributed by atoms with Crippen molar-refractivity contribution in [3.8, 4) is 5.69 Å². The summed E-state index contributed by atoms with van der Waals surface area (Å²) >= 11 is 0. The van der Waals surface area contributed by atoms with Crippen LogP contribution in [0.2, 0.25) is 0 Å². The van der Waals surface area contributed by atoms with Crippen molar-refractivity contribution in [2.75, 3.05) is 39.0 Å². The third-order valence-electron chi connectivity index (χ3n) is 8.76. The molecule has 0 bridgehead atoms. The van der Waals surface area contributed by atoms with E-state index < -0.39 is 11.2 Å². The number of ketones is 1. The molecule has 0 amide bonds. The number of likely N-dealkylation sites (tertiary alicyclic amines) is 1. The van der Waals surface area contributed by atoms with Crippen LogP contribution in [-0.2, 0) is 6.42 Å². The predicted octanol–water partition coefficient (Wildman–Crippen LogP) is 8.59. The average Bonchev–Trinajstić information content (AvgIpc) is 3.48. The van der Waals surface area contributed by atoms with Crippen LogP contribution in [0.4, 0.5) is 10.1 Å². The Kier molecular flexibility index (Phi) is 14.0. The molecule has 2 N–H and O–H groups in total. The second kappa shape index (κ2) is 17.4. The third kappa shape index (κ3) is 8.42. The molecule has 0 saturated carbocycles. The molecule has 4 aromatic rings. The fraction of sp³-hybridized carbons (Fsp3) is 0.487. The zero-order valence-corrected chi connectivity index (χ0v) is 29.5. The van der Waals surface area contributed by atoms with Gasteiger partial charge < -0.3 is 20.1 Å². The summed E-state index contributed by atoms with van der Waals surface area (Å²) in [5.74, 6) is 0.0432. The Morgan fingerprint density at radius 3 is 2.26 bits per heavy atom. The van der Waals surface area contributed by atoms with Gasteiger partial charge in [-0.15, -0.1) is 0 Å². The molecule has 1 saturated heterocycles. The number of hydrogen-bond acceptors (Lipinski definition) is 5. The molecule has 1 aromatic heterocycles. The number of pyridine rings is 1. The first-order valence-electron chi connectivity index (χ1n) is 17.1. The van der Waals surface area contributed by atoms with Crippen molar-refractivity contribution in [1.82, 2.24) is 14.8 Å². The van der Waals surface area contributed by atoms with Crippen molar-refractivity contribution in [2.45, 2.75) is 86.6 Å². The molecule has 0 radical (unpaired) electrons. The zero-order chi connectivity index (χ0) is 34.0. The number of nitrogens with zero attached hydrogens (tertiary/aromatic N) is 2. The molecule has 0 aliphatic carbocycles. The van der Waals surface area contributed by atoms with Crippen molar-refractivity contribution in [1.29, 1.82) is 0 Å². The molecule has 3 aromatic carbocycles. The number of carbonyl (C=O) groups excluding carboxylic acids is 1.